The summed E-state index contributed by atoms with van der Waals surface area (Å²) in [6.07, 6.45) is 6.56. The lowest BCUT2D eigenvalue weighted by atomic mass is 9.68. The van der Waals surface area contributed by atoms with Crippen LogP contribution in [0.3, 0.4) is 0 Å². The number of anilines is 1. The molecule has 0 radical (unpaired) electrons. The van der Waals surface area contributed by atoms with Gasteiger partial charge in [0, 0.05) is 33.1 Å². The first-order valence-corrected chi connectivity index (χ1v) is 19.6. The molecular weight excluding hydrogens is 555 g/mol. The smallest absolute Gasteiger partial charge is 0.233 e. The summed E-state index contributed by atoms with van der Waals surface area (Å²) in [5.74, 6) is 0.681. The minimum Gasteiger partial charge on any atom is -0.482 e. The van der Waals surface area contributed by atoms with Crippen LogP contribution in [0.25, 0.3) is 0 Å². The summed E-state index contributed by atoms with van der Waals surface area (Å²) < 4.78 is 14.0. The summed E-state index contributed by atoms with van der Waals surface area (Å²) in [5, 5.41) is 4.71. The van der Waals surface area contributed by atoms with Crippen LogP contribution in [-0.2, 0) is 26.4 Å². The molecule has 4 rings (SSSR count). The minimum atomic E-state index is -1.15. The predicted molar refractivity (Wildman–Crippen MR) is 173 cm³/mol. The zero-order valence-electron chi connectivity index (χ0n) is 25.4. The quantitative estimate of drug-likeness (QED) is 0.166. The molecule has 9 heteroatoms. The van der Waals surface area contributed by atoms with E-state index in [0.717, 1.165) is 62.7 Å². The fourth-order valence-corrected chi connectivity index (χ4v) is 8.10. The van der Waals surface area contributed by atoms with Crippen molar-refractivity contribution in [2.75, 3.05) is 25.2 Å². The van der Waals surface area contributed by atoms with Gasteiger partial charge in [-0.15, -0.1) is 0 Å². The van der Waals surface area contributed by atoms with Gasteiger partial charge in [-0.3, -0.25) is 4.79 Å². The molecule has 6 nitrogen and oxygen atoms in total. The highest BCUT2D eigenvalue weighted by Crippen LogP contribution is 2.52. The monoisotopic (exact) mass is 601 g/mol. The van der Waals surface area contributed by atoms with Gasteiger partial charge in [0.25, 0.3) is 0 Å². The maximum absolute atomic E-state index is 13.8. The molecule has 2 heterocycles. The summed E-state index contributed by atoms with van der Waals surface area (Å²) in [6.45, 7) is 15.7. The summed E-state index contributed by atoms with van der Waals surface area (Å²) in [6, 6.07) is 11.8. The normalized spacial score (nSPS) is 22.6. The number of hydrogen-bond donors (Lipinski definition) is 0. The molecule has 0 bridgehead atoms. The summed E-state index contributed by atoms with van der Waals surface area (Å²) in [7, 11) is 0.488. The fraction of sp³-hybridized carbons (Fsp3) is 0.645. The van der Waals surface area contributed by atoms with E-state index in [9.17, 15) is 4.79 Å². The molecule has 2 fully saturated rings. The van der Waals surface area contributed by atoms with Gasteiger partial charge in [-0.1, -0.05) is 64.3 Å². The Kier molecular flexibility index (Phi) is 9.90. The Morgan fingerprint density at radius 1 is 1.15 bits per heavy atom. The zero-order valence-corrected chi connectivity index (χ0v) is 28.0. The highest BCUT2D eigenvalue weighted by molar-refractivity contribution is 8.22. The van der Waals surface area contributed by atoms with Crippen LogP contribution in [0.4, 0.5) is 5.69 Å². The molecule has 1 atom stereocenters. The van der Waals surface area contributed by atoms with Crippen molar-refractivity contribution in [2.24, 2.45) is 11.3 Å². The van der Waals surface area contributed by atoms with E-state index in [2.05, 4.69) is 75.8 Å². The van der Waals surface area contributed by atoms with Gasteiger partial charge in [0.15, 0.2) is 0 Å². The minimum absolute atomic E-state index is 0.0995. The first-order chi connectivity index (χ1) is 18.8. The number of carbonyl (C=O) groups excluding carboxylic acids is 1. The molecule has 1 aromatic carbocycles. The first kappa shape index (κ1) is 31.3. The Morgan fingerprint density at radius 2 is 1.82 bits per heavy atom. The van der Waals surface area contributed by atoms with Gasteiger partial charge in [0.1, 0.15) is 6.73 Å². The lowest BCUT2D eigenvalue weighted by molar-refractivity contribution is -0.127. The van der Waals surface area contributed by atoms with Crippen LogP contribution >= 0.6 is 24.0 Å². The Morgan fingerprint density at radius 3 is 2.42 bits per heavy atom. The number of nitrogens with zero attached hydrogens (tertiary/aromatic N) is 3. The van der Waals surface area contributed by atoms with Gasteiger partial charge >= 0.3 is 0 Å². The highest BCUT2D eigenvalue weighted by Gasteiger charge is 2.50. The van der Waals surface area contributed by atoms with Crippen LogP contribution < -0.4 is 4.90 Å². The first-order valence-electron chi connectivity index (χ1n) is 14.6. The second-order valence-electron chi connectivity index (χ2n) is 13.7. The number of thioether (sulfide) groups is 1. The summed E-state index contributed by atoms with van der Waals surface area (Å²) in [4.78, 5) is 15.8. The number of amides is 1. The molecule has 1 aliphatic heterocycles. The van der Waals surface area contributed by atoms with E-state index in [1.54, 1.807) is 18.9 Å². The molecule has 220 valence electrons. The Hall–Kier alpha value is -1.68. The van der Waals surface area contributed by atoms with Crippen LogP contribution in [0.1, 0.15) is 69.4 Å². The number of rotatable bonds is 9. The van der Waals surface area contributed by atoms with Gasteiger partial charge in [-0.05, 0) is 85.5 Å². The molecule has 1 aromatic heterocycles. The third-order valence-electron chi connectivity index (χ3n) is 8.61. The maximum atomic E-state index is 13.8. The summed E-state index contributed by atoms with van der Waals surface area (Å²) >= 11 is 7.11. The molecule has 0 N–H and O–H groups in total. The van der Waals surface area contributed by atoms with Crippen molar-refractivity contribution in [3.63, 3.8) is 0 Å². The number of hydrogen-bond acceptors (Lipinski definition) is 6. The Bertz CT molecular complexity index is 1160. The standard InChI is InChI=1S/C31H47N3O3S2Si/c1-30(2,3)24-8-10-25(11-9-24)33-19-17-31(28(33)35)15-12-23(13-16-31)27(39-29(38)36-4)26-14-18-32-34(26)22-37-20-21-40(5,6)7/h8-11,14,18,23,27H,12-13,15-17,19-22H2,1-7H3. The number of aromatic nitrogens is 2. The maximum Gasteiger partial charge on any atom is 0.233 e. The number of benzene rings is 1. The van der Waals surface area contributed by atoms with E-state index >= 15 is 0 Å². The molecule has 1 aliphatic carbocycles. The van der Waals surface area contributed by atoms with Gasteiger partial charge in [0.05, 0.1) is 23.5 Å². The average Bonchev–Trinajstić information content (AvgIpc) is 3.49. The molecule has 1 spiro atoms. The number of thiocarbonyl (C=S) groups is 1. The van der Waals surface area contributed by atoms with Crippen LogP contribution in [0.2, 0.25) is 25.7 Å². The Labute approximate surface area is 251 Å². The highest BCUT2D eigenvalue weighted by atomic mass is 32.2. The van der Waals surface area contributed by atoms with Gasteiger partial charge in [-0.2, -0.15) is 5.10 Å². The van der Waals surface area contributed by atoms with Gasteiger partial charge in [-0.25, -0.2) is 4.68 Å². The van der Waals surface area contributed by atoms with Crippen molar-refractivity contribution in [3.05, 3.63) is 47.8 Å². The topological polar surface area (TPSA) is 56.6 Å². The number of methoxy groups -OCH3 is 1. The zero-order chi connectivity index (χ0) is 29.1. The molecule has 40 heavy (non-hydrogen) atoms. The Balaban J connectivity index is 1.43. The largest absolute Gasteiger partial charge is 0.482 e. The summed E-state index contributed by atoms with van der Waals surface area (Å²) in [5.41, 5.74) is 3.28. The molecule has 2 aromatic rings. The second-order valence-corrected chi connectivity index (χ2v) is 21.1. The van der Waals surface area contributed by atoms with Crippen LogP contribution in [0.15, 0.2) is 36.5 Å². The van der Waals surface area contributed by atoms with Crippen molar-refractivity contribution in [3.8, 4) is 0 Å². The fourth-order valence-electron chi connectivity index (χ4n) is 5.94. The second kappa shape index (κ2) is 12.7. The van der Waals surface area contributed by atoms with E-state index in [1.165, 1.54) is 5.56 Å². The van der Waals surface area contributed by atoms with Crippen molar-refractivity contribution >= 4 is 48.0 Å². The van der Waals surface area contributed by atoms with Gasteiger partial charge < -0.3 is 14.4 Å². The average molecular weight is 602 g/mol. The predicted octanol–water partition coefficient (Wildman–Crippen LogP) is 7.81. The van der Waals surface area contributed by atoms with Crippen molar-refractivity contribution in [2.45, 2.75) is 96.0 Å². The van der Waals surface area contributed by atoms with Crippen LogP contribution in [-0.4, -0.2) is 48.4 Å². The molecular formula is C31H47N3O3S2Si. The van der Waals surface area contributed by atoms with Crippen molar-refractivity contribution in [1.82, 2.24) is 9.78 Å². The van der Waals surface area contributed by atoms with E-state index in [4.69, 9.17) is 21.7 Å². The van der Waals surface area contributed by atoms with Crippen LogP contribution in [0, 0.1) is 11.3 Å². The van der Waals surface area contributed by atoms with Crippen LogP contribution in [0.5, 0.6) is 0 Å². The third kappa shape index (κ3) is 7.39. The molecule has 2 aliphatic rings. The van der Waals surface area contributed by atoms with E-state index < -0.39 is 8.07 Å². The van der Waals surface area contributed by atoms with E-state index in [0.29, 0.717) is 22.9 Å². The van der Waals surface area contributed by atoms with Crippen molar-refractivity contribution < 1.29 is 14.3 Å². The number of ether oxygens (including phenoxy) is 2. The SMILES string of the molecule is COC(=S)SC(c1ccnn1COCC[Si](C)(C)C)C1CCC2(CC1)CCN(c1ccc(C(C)(C)C)cc1)C2=O. The van der Waals surface area contributed by atoms with E-state index in [-0.39, 0.29) is 16.1 Å². The van der Waals surface area contributed by atoms with Crippen molar-refractivity contribution in [1.29, 1.82) is 0 Å². The lowest BCUT2D eigenvalue weighted by Crippen LogP contribution is -2.38. The molecule has 1 saturated heterocycles. The third-order valence-corrected chi connectivity index (χ3v) is 12.0. The molecule has 1 saturated carbocycles. The van der Waals surface area contributed by atoms with Gasteiger partial charge in [0.2, 0.25) is 10.3 Å². The molecule has 1 unspecified atom stereocenters. The molecule has 1 amide bonds. The van der Waals surface area contributed by atoms with E-state index in [1.807, 2.05) is 15.8 Å². The number of carbonyl (C=O) groups is 1. The lowest BCUT2D eigenvalue weighted by Gasteiger charge is -2.38.